The molecule has 0 amide bonds. The van der Waals surface area contributed by atoms with E-state index >= 15 is 0 Å². The molecule has 0 unspecified atom stereocenters. The minimum atomic E-state index is -3.75. The summed E-state index contributed by atoms with van der Waals surface area (Å²) in [6, 6.07) is 18.9. The summed E-state index contributed by atoms with van der Waals surface area (Å²) in [6.45, 7) is 0. The van der Waals surface area contributed by atoms with Crippen LogP contribution in [0, 0.1) is 5.92 Å². The largest absolute Gasteiger partial charge is 0.481 e. The van der Waals surface area contributed by atoms with Gasteiger partial charge in [0.25, 0.3) is 0 Å². The van der Waals surface area contributed by atoms with Gasteiger partial charge in [-0.2, -0.15) is 0 Å². The number of hydrogen-bond donors (Lipinski definition) is 1. The minimum absolute atomic E-state index is 0.101. The standard InChI is InChI=1S/C21H18ClNO4S2/c22-18-8-4-15(5-9-18)16-6-10-19(11-7-16)29(26,27)14-17(21(24)25)13-28-20-3-1-2-12-23-20/h1-12,17H,13-14H2,(H,24,25)/t17-/m1/s1. The maximum Gasteiger partial charge on any atom is 0.308 e. The van der Waals surface area contributed by atoms with E-state index in [1.165, 1.54) is 23.9 Å². The normalized spacial score (nSPS) is 12.4. The number of halogens is 1. The van der Waals surface area contributed by atoms with Crippen molar-refractivity contribution in [2.24, 2.45) is 5.92 Å². The van der Waals surface area contributed by atoms with Gasteiger partial charge < -0.3 is 5.11 Å². The van der Waals surface area contributed by atoms with Gasteiger partial charge in [0.2, 0.25) is 0 Å². The first-order valence-electron chi connectivity index (χ1n) is 8.70. The Morgan fingerprint density at radius 2 is 1.62 bits per heavy atom. The van der Waals surface area contributed by atoms with Gasteiger partial charge in [-0.05, 0) is 47.5 Å². The van der Waals surface area contributed by atoms with E-state index in [-0.39, 0.29) is 10.6 Å². The zero-order chi connectivity index (χ0) is 20.9. The number of sulfone groups is 1. The van der Waals surface area contributed by atoms with Crippen molar-refractivity contribution >= 4 is 39.2 Å². The Morgan fingerprint density at radius 3 is 2.17 bits per heavy atom. The zero-order valence-corrected chi connectivity index (χ0v) is 17.6. The van der Waals surface area contributed by atoms with Gasteiger partial charge in [-0.3, -0.25) is 4.79 Å². The first-order valence-corrected chi connectivity index (χ1v) is 11.7. The van der Waals surface area contributed by atoms with Crippen LogP contribution in [0.4, 0.5) is 0 Å². The average Bonchev–Trinajstić information content (AvgIpc) is 2.72. The van der Waals surface area contributed by atoms with E-state index in [0.717, 1.165) is 11.1 Å². The van der Waals surface area contributed by atoms with Crippen molar-refractivity contribution in [3.63, 3.8) is 0 Å². The Bertz CT molecular complexity index is 1070. The third-order valence-corrected chi connectivity index (χ3v) is 7.42. The van der Waals surface area contributed by atoms with Crippen molar-refractivity contribution in [1.82, 2.24) is 4.98 Å². The second-order valence-electron chi connectivity index (χ2n) is 6.33. The van der Waals surface area contributed by atoms with Gasteiger partial charge in [-0.1, -0.05) is 41.9 Å². The number of benzene rings is 2. The summed E-state index contributed by atoms with van der Waals surface area (Å²) in [7, 11) is -3.75. The lowest BCUT2D eigenvalue weighted by molar-refractivity contribution is -0.140. The number of aliphatic carboxylic acids is 1. The number of carboxylic acid groups (broad SMARTS) is 1. The van der Waals surface area contributed by atoms with Crippen LogP contribution in [0.2, 0.25) is 5.02 Å². The summed E-state index contributed by atoms with van der Waals surface area (Å²) in [5.41, 5.74) is 1.76. The summed E-state index contributed by atoms with van der Waals surface area (Å²) in [4.78, 5) is 15.8. The number of rotatable bonds is 8. The summed E-state index contributed by atoms with van der Waals surface area (Å²) >= 11 is 7.12. The van der Waals surface area contributed by atoms with Crippen LogP contribution in [0.1, 0.15) is 0 Å². The number of thioether (sulfide) groups is 1. The lowest BCUT2D eigenvalue weighted by Crippen LogP contribution is -2.26. The van der Waals surface area contributed by atoms with Crippen LogP contribution < -0.4 is 0 Å². The molecule has 150 valence electrons. The molecular formula is C21H18ClNO4S2. The van der Waals surface area contributed by atoms with E-state index in [2.05, 4.69) is 4.98 Å². The molecule has 5 nitrogen and oxygen atoms in total. The van der Waals surface area contributed by atoms with Crippen LogP contribution in [-0.2, 0) is 14.6 Å². The molecule has 0 fully saturated rings. The zero-order valence-electron chi connectivity index (χ0n) is 15.2. The van der Waals surface area contributed by atoms with Gasteiger partial charge in [0, 0.05) is 17.0 Å². The maximum absolute atomic E-state index is 12.7. The highest BCUT2D eigenvalue weighted by atomic mass is 35.5. The molecule has 0 saturated heterocycles. The molecule has 8 heteroatoms. The number of carbonyl (C=O) groups is 1. The first kappa shape index (κ1) is 21.4. The molecule has 29 heavy (non-hydrogen) atoms. The number of carboxylic acids is 1. The van der Waals surface area contributed by atoms with Crippen LogP contribution in [0.3, 0.4) is 0 Å². The van der Waals surface area contributed by atoms with Crippen LogP contribution in [0.15, 0.2) is 82.8 Å². The average molecular weight is 448 g/mol. The molecule has 0 bridgehead atoms. The third-order valence-electron chi connectivity index (χ3n) is 4.23. The van der Waals surface area contributed by atoms with Gasteiger partial charge in [0.05, 0.1) is 21.6 Å². The van der Waals surface area contributed by atoms with Gasteiger partial charge in [0.1, 0.15) is 0 Å². The predicted molar refractivity (Wildman–Crippen MR) is 115 cm³/mol. The quantitative estimate of drug-likeness (QED) is 0.505. The lowest BCUT2D eigenvalue weighted by atomic mass is 10.1. The Morgan fingerprint density at radius 1 is 1.00 bits per heavy atom. The second kappa shape index (κ2) is 9.43. The molecule has 0 aliphatic heterocycles. The molecule has 1 aromatic heterocycles. The van der Waals surface area contributed by atoms with Crippen molar-refractivity contribution in [2.45, 2.75) is 9.92 Å². The molecule has 1 heterocycles. The van der Waals surface area contributed by atoms with Gasteiger partial charge >= 0.3 is 5.97 Å². The molecule has 0 saturated carbocycles. The monoisotopic (exact) mass is 447 g/mol. The molecule has 3 rings (SSSR count). The first-order chi connectivity index (χ1) is 13.8. The van der Waals surface area contributed by atoms with E-state index in [4.69, 9.17) is 11.6 Å². The van der Waals surface area contributed by atoms with Crippen LogP contribution in [0.5, 0.6) is 0 Å². The fraction of sp³-hybridized carbons (Fsp3) is 0.143. The number of pyridine rings is 1. The molecule has 1 atom stereocenters. The van der Waals surface area contributed by atoms with Crippen molar-refractivity contribution < 1.29 is 18.3 Å². The molecule has 2 aromatic carbocycles. The molecule has 0 aliphatic carbocycles. The van der Waals surface area contributed by atoms with Crippen LogP contribution in [-0.4, -0.2) is 36.0 Å². The Labute approximate surface area is 178 Å². The van der Waals surface area contributed by atoms with Crippen LogP contribution in [0.25, 0.3) is 11.1 Å². The third kappa shape index (κ3) is 5.82. The lowest BCUT2D eigenvalue weighted by Gasteiger charge is -2.13. The Hall–Kier alpha value is -2.35. The van der Waals surface area contributed by atoms with E-state index in [9.17, 15) is 18.3 Å². The predicted octanol–water partition coefficient (Wildman–Crippen LogP) is 4.67. The highest BCUT2D eigenvalue weighted by Gasteiger charge is 2.27. The van der Waals surface area contributed by atoms with Gasteiger partial charge in [0.15, 0.2) is 9.84 Å². The fourth-order valence-electron chi connectivity index (χ4n) is 2.67. The summed E-state index contributed by atoms with van der Waals surface area (Å²) < 4.78 is 25.5. The van der Waals surface area contributed by atoms with Crippen LogP contribution >= 0.6 is 23.4 Å². The number of aromatic nitrogens is 1. The Kier molecular flexibility index (Phi) is 6.95. The van der Waals surface area contributed by atoms with E-state index < -0.39 is 27.5 Å². The summed E-state index contributed by atoms with van der Waals surface area (Å²) in [5.74, 6) is -2.53. The van der Waals surface area contributed by atoms with Crippen molar-refractivity contribution in [2.75, 3.05) is 11.5 Å². The molecular weight excluding hydrogens is 430 g/mol. The molecule has 3 aromatic rings. The van der Waals surface area contributed by atoms with Crippen molar-refractivity contribution in [3.05, 3.63) is 77.9 Å². The molecule has 0 aliphatic rings. The van der Waals surface area contributed by atoms with Crippen molar-refractivity contribution in [1.29, 1.82) is 0 Å². The van der Waals surface area contributed by atoms with E-state index in [0.29, 0.717) is 10.0 Å². The minimum Gasteiger partial charge on any atom is -0.481 e. The number of hydrogen-bond acceptors (Lipinski definition) is 5. The van der Waals surface area contributed by atoms with Gasteiger partial charge in [-0.15, -0.1) is 11.8 Å². The number of nitrogens with zero attached hydrogens (tertiary/aromatic N) is 1. The second-order valence-corrected chi connectivity index (χ2v) is 9.84. The van der Waals surface area contributed by atoms with E-state index in [1.54, 1.807) is 48.7 Å². The van der Waals surface area contributed by atoms with E-state index in [1.807, 2.05) is 12.1 Å². The summed E-state index contributed by atoms with van der Waals surface area (Å²) in [5, 5.41) is 10.7. The molecule has 0 radical (unpaired) electrons. The maximum atomic E-state index is 12.7. The van der Waals surface area contributed by atoms with Gasteiger partial charge in [-0.25, -0.2) is 13.4 Å². The topological polar surface area (TPSA) is 84.3 Å². The fourth-order valence-corrected chi connectivity index (χ4v) is 5.42. The molecule has 0 spiro atoms. The summed E-state index contributed by atoms with van der Waals surface area (Å²) in [6.07, 6.45) is 1.61. The Balaban J connectivity index is 1.72. The smallest absolute Gasteiger partial charge is 0.308 e. The molecule has 1 N–H and O–H groups in total. The SMILES string of the molecule is O=C(O)[C@H](CSc1ccccn1)CS(=O)(=O)c1ccc(-c2ccc(Cl)cc2)cc1. The highest BCUT2D eigenvalue weighted by molar-refractivity contribution is 7.99. The highest BCUT2D eigenvalue weighted by Crippen LogP contribution is 2.25. The van der Waals surface area contributed by atoms with Crippen molar-refractivity contribution in [3.8, 4) is 11.1 Å².